The Morgan fingerprint density at radius 3 is 2.87 bits per heavy atom. The number of morpholine rings is 1. The zero-order valence-corrected chi connectivity index (χ0v) is 13.3. The second-order valence-electron chi connectivity index (χ2n) is 6.47. The molecule has 2 heterocycles. The molecule has 1 aliphatic heterocycles. The first-order valence-corrected chi connectivity index (χ1v) is 8.55. The first-order chi connectivity index (χ1) is 11.4. The first kappa shape index (κ1) is 14.8. The van der Waals surface area contributed by atoms with Gasteiger partial charge in [0, 0.05) is 12.6 Å². The van der Waals surface area contributed by atoms with Crippen LogP contribution in [0.3, 0.4) is 0 Å². The number of rotatable bonds is 4. The van der Waals surface area contributed by atoms with Crippen LogP contribution in [0.4, 0.5) is 0 Å². The van der Waals surface area contributed by atoms with Crippen LogP contribution < -0.4 is 0 Å². The quantitative estimate of drug-likeness (QED) is 0.862. The standard InChI is InChI=1S/C17H23N5O/c1-2-6-14(7-3-1)12-22-17(18-19-20-22)13-21-10-11-23-16-9-5-4-8-15(16)21/h1-3,6-7,15-16H,4-5,8-13H2/t15-,16-/m0/s1. The van der Waals surface area contributed by atoms with Gasteiger partial charge in [-0.15, -0.1) is 5.10 Å². The summed E-state index contributed by atoms with van der Waals surface area (Å²) in [4.78, 5) is 2.51. The Hall–Kier alpha value is -1.79. The molecule has 4 rings (SSSR count). The summed E-state index contributed by atoms with van der Waals surface area (Å²) in [6.07, 6.45) is 5.41. The topological polar surface area (TPSA) is 56.1 Å². The van der Waals surface area contributed by atoms with Gasteiger partial charge in [0.2, 0.25) is 0 Å². The predicted molar refractivity (Wildman–Crippen MR) is 85.8 cm³/mol. The summed E-state index contributed by atoms with van der Waals surface area (Å²) in [6, 6.07) is 10.9. The summed E-state index contributed by atoms with van der Waals surface area (Å²) in [5.41, 5.74) is 1.22. The van der Waals surface area contributed by atoms with Crippen molar-refractivity contribution >= 4 is 0 Å². The van der Waals surface area contributed by atoms with Crippen LogP contribution in [-0.2, 0) is 17.8 Å². The van der Waals surface area contributed by atoms with Gasteiger partial charge < -0.3 is 4.74 Å². The number of ether oxygens (including phenoxy) is 1. The normalized spacial score (nSPS) is 25.2. The van der Waals surface area contributed by atoms with Gasteiger partial charge in [-0.1, -0.05) is 43.2 Å². The van der Waals surface area contributed by atoms with Crippen molar-refractivity contribution < 1.29 is 4.74 Å². The van der Waals surface area contributed by atoms with Gasteiger partial charge in [-0.2, -0.15) is 0 Å². The van der Waals surface area contributed by atoms with E-state index in [2.05, 4.69) is 32.6 Å². The summed E-state index contributed by atoms with van der Waals surface area (Å²) in [5.74, 6) is 0.945. The average Bonchev–Trinajstić information content (AvgIpc) is 3.03. The molecule has 0 unspecified atom stereocenters. The molecule has 1 aromatic carbocycles. The van der Waals surface area contributed by atoms with E-state index in [-0.39, 0.29) is 0 Å². The van der Waals surface area contributed by atoms with Gasteiger partial charge >= 0.3 is 0 Å². The zero-order valence-electron chi connectivity index (χ0n) is 13.3. The Kier molecular flexibility index (Phi) is 4.35. The highest BCUT2D eigenvalue weighted by atomic mass is 16.5. The van der Waals surface area contributed by atoms with E-state index >= 15 is 0 Å². The lowest BCUT2D eigenvalue weighted by molar-refractivity contribution is -0.0921. The second kappa shape index (κ2) is 6.76. The van der Waals surface area contributed by atoms with Crippen molar-refractivity contribution in [3.63, 3.8) is 0 Å². The van der Waals surface area contributed by atoms with E-state index in [0.29, 0.717) is 12.1 Å². The molecule has 2 atom stereocenters. The van der Waals surface area contributed by atoms with Crippen molar-refractivity contribution in [2.24, 2.45) is 0 Å². The summed E-state index contributed by atoms with van der Waals surface area (Å²) in [7, 11) is 0. The van der Waals surface area contributed by atoms with Crippen LogP contribution in [0.2, 0.25) is 0 Å². The fourth-order valence-corrected chi connectivity index (χ4v) is 3.77. The van der Waals surface area contributed by atoms with Crippen molar-refractivity contribution in [1.82, 2.24) is 25.1 Å². The Morgan fingerprint density at radius 2 is 1.96 bits per heavy atom. The number of nitrogens with zero attached hydrogens (tertiary/aromatic N) is 5. The van der Waals surface area contributed by atoms with Crippen molar-refractivity contribution in [2.45, 2.75) is 50.9 Å². The molecule has 0 spiro atoms. The van der Waals surface area contributed by atoms with Crippen LogP contribution in [0.15, 0.2) is 30.3 Å². The lowest BCUT2D eigenvalue weighted by Crippen LogP contribution is -2.52. The molecule has 1 saturated heterocycles. The third-order valence-corrected chi connectivity index (χ3v) is 4.97. The number of benzene rings is 1. The Bertz CT molecular complexity index is 627. The van der Waals surface area contributed by atoms with Crippen LogP contribution in [0.25, 0.3) is 0 Å². The molecular formula is C17H23N5O. The minimum atomic E-state index is 0.399. The molecule has 0 radical (unpaired) electrons. The smallest absolute Gasteiger partial charge is 0.165 e. The molecule has 2 aliphatic rings. The predicted octanol–water partition coefficient (Wildman–Crippen LogP) is 1.86. The third kappa shape index (κ3) is 3.28. The molecule has 122 valence electrons. The molecule has 0 N–H and O–H groups in total. The van der Waals surface area contributed by atoms with Gasteiger partial charge in [0.25, 0.3) is 0 Å². The molecule has 6 nitrogen and oxygen atoms in total. The second-order valence-corrected chi connectivity index (χ2v) is 6.47. The van der Waals surface area contributed by atoms with E-state index in [4.69, 9.17) is 4.74 Å². The van der Waals surface area contributed by atoms with Crippen LogP contribution in [0.5, 0.6) is 0 Å². The SMILES string of the molecule is c1ccc(Cn2nnnc2CN2CCO[C@H]3CCCC[C@@H]32)cc1. The van der Waals surface area contributed by atoms with Gasteiger partial charge in [0.1, 0.15) is 0 Å². The maximum absolute atomic E-state index is 5.96. The Labute approximate surface area is 136 Å². The lowest BCUT2D eigenvalue weighted by atomic mass is 9.90. The van der Waals surface area contributed by atoms with E-state index in [1.54, 1.807) is 0 Å². The molecule has 2 aromatic rings. The van der Waals surface area contributed by atoms with Gasteiger partial charge in [0.15, 0.2) is 5.82 Å². The Morgan fingerprint density at radius 1 is 1.09 bits per heavy atom. The Balaban J connectivity index is 1.47. The molecule has 2 fully saturated rings. The number of tetrazole rings is 1. The molecule has 1 saturated carbocycles. The van der Waals surface area contributed by atoms with Crippen molar-refractivity contribution in [1.29, 1.82) is 0 Å². The molecule has 0 amide bonds. The van der Waals surface area contributed by atoms with Crippen molar-refractivity contribution in [3.8, 4) is 0 Å². The molecule has 23 heavy (non-hydrogen) atoms. The van der Waals surface area contributed by atoms with Gasteiger partial charge in [-0.05, 0) is 28.8 Å². The van der Waals surface area contributed by atoms with Gasteiger partial charge in [-0.3, -0.25) is 4.90 Å². The summed E-state index contributed by atoms with van der Waals surface area (Å²) in [5, 5.41) is 12.3. The number of hydrogen-bond acceptors (Lipinski definition) is 5. The van der Waals surface area contributed by atoms with Crippen LogP contribution in [-0.4, -0.2) is 50.4 Å². The van der Waals surface area contributed by atoms with Crippen LogP contribution >= 0.6 is 0 Å². The zero-order chi connectivity index (χ0) is 15.5. The molecular weight excluding hydrogens is 290 g/mol. The highest BCUT2D eigenvalue weighted by Gasteiger charge is 2.34. The van der Waals surface area contributed by atoms with Gasteiger partial charge in [0.05, 0.1) is 25.8 Å². The molecule has 1 aliphatic carbocycles. The minimum Gasteiger partial charge on any atom is -0.375 e. The van der Waals surface area contributed by atoms with E-state index in [9.17, 15) is 0 Å². The maximum atomic E-state index is 5.96. The molecule has 0 bridgehead atoms. The van der Waals surface area contributed by atoms with E-state index < -0.39 is 0 Å². The number of fused-ring (bicyclic) bond motifs is 1. The average molecular weight is 313 g/mol. The summed E-state index contributed by atoms with van der Waals surface area (Å²) >= 11 is 0. The molecule has 6 heteroatoms. The van der Waals surface area contributed by atoms with Crippen LogP contribution in [0, 0.1) is 0 Å². The number of hydrogen-bond donors (Lipinski definition) is 0. The van der Waals surface area contributed by atoms with Crippen molar-refractivity contribution in [2.75, 3.05) is 13.2 Å². The fourth-order valence-electron chi connectivity index (χ4n) is 3.77. The van der Waals surface area contributed by atoms with E-state index in [1.165, 1.54) is 31.2 Å². The minimum absolute atomic E-state index is 0.399. The summed E-state index contributed by atoms with van der Waals surface area (Å²) in [6.45, 7) is 3.33. The first-order valence-electron chi connectivity index (χ1n) is 8.55. The summed E-state index contributed by atoms with van der Waals surface area (Å²) < 4.78 is 7.88. The van der Waals surface area contributed by atoms with E-state index in [1.807, 2.05) is 22.9 Å². The van der Waals surface area contributed by atoms with Crippen LogP contribution in [0.1, 0.15) is 37.1 Å². The van der Waals surface area contributed by atoms with E-state index in [0.717, 1.165) is 32.1 Å². The fraction of sp³-hybridized carbons (Fsp3) is 0.588. The largest absolute Gasteiger partial charge is 0.375 e. The highest BCUT2D eigenvalue weighted by Crippen LogP contribution is 2.29. The highest BCUT2D eigenvalue weighted by molar-refractivity contribution is 5.15. The number of aromatic nitrogens is 4. The third-order valence-electron chi connectivity index (χ3n) is 4.97. The monoisotopic (exact) mass is 313 g/mol. The van der Waals surface area contributed by atoms with Crippen molar-refractivity contribution in [3.05, 3.63) is 41.7 Å². The molecule has 1 aromatic heterocycles. The van der Waals surface area contributed by atoms with Gasteiger partial charge in [-0.25, -0.2) is 4.68 Å². The maximum Gasteiger partial charge on any atom is 0.165 e. The lowest BCUT2D eigenvalue weighted by Gasteiger charge is -2.43.